The Morgan fingerprint density at radius 2 is 1.70 bits per heavy atom. The Hall–Kier alpha value is -0.550. The molecule has 2 heterocycles. The van der Waals surface area contributed by atoms with Crippen LogP contribution in [0.1, 0.15) is 13.8 Å². The molecule has 112 valence electrons. The Balaban J connectivity index is 0.000000347. The van der Waals surface area contributed by atoms with Crippen LogP contribution in [-0.2, 0) is 0 Å². The third kappa shape index (κ3) is 5.83. The summed E-state index contributed by atoms with van der Waals surface area (Å²) in [5, 5.41) is 2.12. The highest BCUT2D eigenvalue weighted by Crippen LogP contribution is 2.42. The van der Waals surface area contributed by atoms with Crippen molar-refractivity contribution < 1.29 is 28.9 Å². The smallest absolute Gasteiger partial charge is 0.175 e. The normalized spacial score (nSPS) is 21.9. The van der Waals surface area contributed by atoms with Crippen molar-refractivity contribution in [1.82, 2.24) is 4.90 Å². The first-order valence-corrected chi connectivity index (χ1v) is 8.71. The van der Waals surface area contributed by atoms with Crippen molar-refractivity contribution in [3.05, 3.63) is 22.4 Å². The minimum atomic E-state index is -4.69. The lowest BCUT2D eigenvalue weighted by Gasteiger charge is -2.07. The zero-order valence-electron chi connectivity index (χ0n) is 11.3. The number of hydrogen-bond acceptors (Lipinski definition) is 9. The molecule has 0 aromatic carbocycles. The number of amidine groups is 1. The molecule has 0 saturated carbocycles. The van der Waals surface area contributed by atoms with Crippen molar-refractivity contribution in [2.24, 2.45) is 9.98 Å². The molecule has 0 amide bonds. The van der Waals surface area contributed by atoms with Crippen LogP contribution in [0.5, 0.6) is 0 Å². The van der Waals surface area contributed by atoms with Gasteiger partial charge in [-0.05, 0) is 41.5 Å². The summed E-state index contributed by atoms with van der Waals surface area (Å²) in [7, 11) is 2.73. The molecule has 0 spiro atoms. The Bertz CT molecular complexity index is 503. The van der Waals surface area contributed by atoms with Gasteiger partial charge in [0, 0.05) is 31.1 Å². The van der Waals surface area contributed by atoms with E-state index in [1.807, 2.05) is 32.8 Å². The van der Waals surface area contributed by atoms with Crippen LogP contribution in [0.3, 0.4) is 0 Å². The van der Waals surface area contributed by atoms with E-state index >= 15 is 0 Å². The van der Waals surface area contributed by atoms with Gasteiger partial charge in [-0.3, -0.25) is 4.99 Å². The SMILES string of the molecule is CC1=C/C(=C2/N=C(N(C)C)SS2)C(C)=N1.[O-][Cl+3]([O-])([O-])O. The third-order valence-corrected chi connectivity index (χ3v) is 4.42. The number of halogens is 1. The Morgan fingerprint density at radius 3 is 2.05 bits per heavy atom. The number of rotatable bonds is 0. The number of aliphatic imine (C=N–C) groups is 2. The summed E-state index contributed by atoms with van der Waals surface area (Å²) in [6.45, 7) is 4.05. The highest BCUT2D eigenvalue weighted by molar-refractivity contribution is 8.84. The molecule has 2 aliphatic heterocycles. The molecule has 0 radical (unpaired) electrons. The van der Waals surface area contributed by atoms with Crippen LogP contribution in [0.4, 0.5) is 0 Å². The molecule has 0 aliphatic carbocycles. The van der Waals surface area contributed by atoms with Gasteiger partial charge in [0.05, 0.1) is 14.9 Å². The zero-order valence-corrected chi connectivity index (χ0v) is 13.7. The van der Waals surface area contributed by atoms with Gasteiger partial charge in [0.15, 0.2) is 5.17 Å². The first-order valence-electron chi connectivity index (χ1n) is 5.30. The standard InChI is InChI=1S/C10H13N3S2.ClHO4/c1-6-5-8(7(2)11-6)9-12-10(13(3)4)15-14-9;2-1(3,4)5/h5H,1-4H3;(H,2,3,4,5)/b9-8+;. The largest absolute Gasteiger partial charge is 0.357 e. The van der Waals surface area contributed by atoms with Crippen molar-refractivity contribution >= 4 is 32.5 Å². The molecule has 1 N–H and O–H groups in total. The van der Waals surface area contributed by atoms with E-state index in [2.05, 4.69) is 16.1 Å². The monoisotopic (exact) mass is 339 g/mol. The molecule has 7 nitrogen and oxygen atoms in total. The molecule has 0 unspecified atom stereocenters. The van der Waals surface area contributed by atoms with Gasteiger partial charge < -0.3 is 4.90 Å². The van der Waals surface area contributed by atoms with E-state index in [4.69, 9.17) is 18.6 Å². The summed E-state index contributed by atoms with van der Waals surface area (Å²) in [4.78, 5) is 11.0. The fourth-order valence-corrected chi connectivity index (χ4v) is 3.68. The maximum atomic E-state index is 8.60. The van der Waals surface area contributed by atoms with Gasteiger partial charge in [-0.1, -0.05) is 0 Å². The topological polar surface area (TPSA) is 117 Å². The first-order chi connectivity index (χ1) is 9.08. The van der Waals surface area contributed by atoms with Crippen LogP contribution >= 0.6 is 21.6 Å². The summed E-state index contributed by atoms with van der Waals surface area (Å²) in [6.07, 6.45) is 2.10. The van der Waals surface area contributed by atoms with E-state index in [-0.39, 0.29) is 0 Å². The van der Waals surface area contributed by atoms with Crippen molar-refractivity contribution in [3.63, 3.8) is 0 Å². The van der Waals surface area contributed by atoms with Gasteiger partial charge >= 0.3 is 0 Å². The van der Waals surface area contributed by atoms with Crippen LogP contribution < -0.4 is 14.0 Å². The zero-order chi connectivity index (χ0) is 15.5. The van der Waals surface area contributed by atoms with E-state index in [0.717, 1.165) is 21.6 Å². The molecule has 2 aliphatic rings. The third-order valence-electron chi connectivity index (χ3n) is 2.09. The molecule has 2 rings (SSSR count). The van der Waals surface area contributed by atoms with Crippen LogP contribution in [0, 0.1) is 10.2 Å². The van der Waals surface area contributed by atoms with Gasteiger partial charge in [0.1, 0.15) is 5.03 Å². The number of hydrogen-bond donors (Lipinski definition) is 1. The fourth-order valence-electron chi connectivity index (χ4n) is 1.37. The van der Waals surface area contributed by atoms with Crippen molar-refractivity contribution in [2.75, 3.05) is 14.1 Å². The van der Waals surface area contributed by atoms with Gasteiger partial charge in [-0.2, -0.15) is 14.0 Å². The second kappa shape index (κ2) is 6.94. The van der Waals surface area contributed by atoms with Gasteiger partial charge in [-0.15, -0.1) is 0 Å². The van der Waals surface area contributed by atoms with Crippen molar-refractivity contribution in [2.45, 2.75) is 13.8 Å². The molecular formula is C10H14ClN3O4S2. The number of allylic oxidation sites excluding steroid dienone is 3. The van der Waals surface area contributed by atoms with E-state index in [1.165, 1.54) is 5.57 Å². The molecule has 20 heavy (non-hydrogen) atoms. The molecular weight excluding hydrogens is 326 g/mol. The molecule has 0 aromatic heterocycles. The first kappa shape index (κ1) is 17.5. The summed E-state index contributed by atoms with van der Waals surface area (Å²) in [5.74, 6) is 0. The lowest BCUT2D eigenvalue weighted by molar-refractivity contribution is -1.92. The fraction of sp³-hybridized carbons (Fsp3) is 0.400. The van der Waals surface area contributed by atoms with Crippen LogP contribution in [0.15, 0.2) is 32.4 Å². The Kier molecular flexibility index (Phi) is 6.07. The minimum absolute atomic E-state index is 1.05. The second-order valence-electron chi connectivity index (χ2n) is 4.05. The van der Waals surface area contributed by atoms with E-state index in [1.54, 1.807) is 21.6 Å². The summed E-state index contributed by atoms with van der Waals surface area (Å²) < 4.78 is 32.7. The van der Waals surface area contributed by atoms with Gasteiger partial charge in [-0.25, -0.2) is 4.99 Å². The highest BCUT2D eigenvalue weighted by atomic mass is 35.7. The van der Waals surface area contributed by atoms with Crippen LogP contribution in [-0.4, -0.2) is 34.5 Å². The Labute approximate surface area is 126 Å². The van der Waals surface area contributed by atoms with E-state index in [9.17, 15) is 0 Å². The van der Waals surface area contributed by atoms with Crippen molar-refractivity contribution in [3.8, 4) is 0 Å². The summed E-state index contributed by atoms with van der Waals surface area (Å²) >= 11 is 0. The van der Waals surface area contributed by atoms with Crippen LogP contribution in [0.25, 0.3) is 0 Å². The lowest BCUT2D eigenvalue weighted by Crippen LogP contribution is -2.58. The lowest BCUT2D eigenvalue weighted by atomic mass is 10.2. The molecule has 0 atom stereocenters. The predicted octanol–water partition coefficient (Wildman–Crippen LogP) is -1.24. The van der Waals surface area contributed by atoms with E-state index in [0.29, 0.717) is 0 Å². The maximum absolute atomic E-state index is 8.60. The predicted molar refractivity (Wildman–Crippen MR) is 72.4 cm³/mol. The molecule has 0 saturated heterocycles. The maximum Gasteiger partial charge on any atom is 0.175 e. The van der Waals surface area contributed by atoms with Crippen LogP contribution in [0.2, 0.25) is 0 Å². The van der Waals surface area contributed by atoms with Crippen molar-refractivity contribution in [1.29, 1.82) is 0 Å². The summed E-state index contributed by atoms with van der Waals surface area (Å²) in [5.41, 5.74) is 3.30. The summed E-state index contributed by atoms with van der Waals surface area (Å²) in [6, 6.07) is 0. The molecule has 0 fully saturated rings. The van der Waals surface area contributed by atoms with Gasteiger partial charge in [0.2, 0.25) is 0 Å². The average Bonchev–Trinajstić information content (AvgIpc) is 2.82. The van der Waals surface area contributed by atoms with Gasteiger partial charge in [0.25, 0.3) is 0 Å². The second-order valence-corrected chi connectivity index (χ2v) is 6.93. The minimum Gasteiger partial charge on any atom is -0.357 e. The average molecular weight is 340 g/mol. The quantitative estimate of drug-likeness (QED) is 0.549. The Morgan fingerprint density at radius 1 is 1.15 bits per heavy atom. The highest BCUT2D eigenvalue weighted by Gasteiger charge is 2.21. The molecule has 0 bridgehead atoms. The van der Waals surface area contributed by atoms with E-state index < -0.39 is 10.2 Å². The molecule has 10 heteroatoms. The molecule has 0 aromatic rings. The number of nitrogens with zero attached hydrogens (tertiary/aromatic N) is 3.